The monoisotopic (exact) mass is 580 g/mol. The third kappa shape index (κ3) is 4.14. The van der Waals surface area contributed by atoms with Gasteiger partial charge in [0.05, 0.1) is 5.02 Å². The van der Waals surface area contributed by atoms with Gasteiger partial charge in [-0.25, -0.2) is 15.0 Å². The average Bonchev–Trinajstić information content (AvgIpc) is 3.59. The molecule has 0 bridgehead atoms. The minimum Gasteiger partial charge on any atom is -0.456 e. The molecule has 4 aromatic carbocycles. The van der Waals surface area contributed by atoms with Crippen LogP contribution in [0.4, 0.5) is 5.88 Å². The molecule has 43 heavy (non-hydrogen) atoms. The van der Waals surface area contributed by atoms with Gasteiger partial charge in [0.1, 0.15) is 11.0 Å². The SMILES string of the molecule is C/C=C\c1c(N)oc2c(Cl)ccc(-c3nc(C4=c5c(oc6ccccc56)=CCC4)nc(-c4ccc5ccccc5c4)n3)c12. The summed E-state index contributed by atoms with van der Waals surface area (Å²) in [7, 11) is 0. The number of furan rings is 2. The highest BCUT2D eigenvalue weighted by Gasteiger charge is 2.23. The van der Waals surface area contributed by atoms with Gasteiger partial charge in [0.25, 0.3) is 0 Å². The molecule has 0 radical (unpaired) electrons. The minimum absolute atomic E-state index is 0.290. The van der Waals surface area contributed by atoms with Gasteiger partial charge < -0.3 is 14.6 Å². The topological polar surface area (TPSA) is 91.0 Å². The number of nitrogens with two attached hydrogens (primary N) is 1. The van der Waals surface area contributed by atoms with Crippen molar-refractivity contribution in [2.24, 2.45) is 0 Å². The van der Waals surface area contributed by atoms with Crippen LogP contribution < -0.4 is 16.4 Å². The normalized spacial score (nSPS) is 13.3. The van der Waals surface area contributed by atoms with Crippen LogP contribution in [0.1, 0.15) is 31.2 Å². The summed E-state index contributed by atoms with van der Waals surface area (Å²) in [6.45, 7) is 1.94. The van der Waals surface area contributed by atoms with E-state index in [0.29, 0.717) is 28.1 Å². The van der Waals surface area contributed by atoms with Crippen molar-refractivity contribution in [1.29, 1.82) is 0 Å². The fraction of sp³-hybridized carbons (Fsp3) is 0.0833. The lowest BCUT2D eigenvalue weighted by Gasteiger charge is -2.13. The molecule has 8 rings (SSSR count). The van der Waals surface area contributed by atoms with Crippen LogP contribution >= 0.6 is 11.6 Å². The zero-order valence-electron chi connectivity index (χ0n) is 23.3. The van der Waals surface area contributed by atoms with E-state index in [1.165, 1.54) is 0 Å². The molecule has 3 heterocycles. The predicted octanol–water partition coefficient (Wildman–Crippen LogP) is 7.89. The summed E-state index contributed by atoms with van der Waals surface area (Å²) in [5.74, 6) is 1.99. The van der Waals surface area contributed by atoms with Crippen LogP contribution in [0.15, 0.2) is 93.8 Å². The number of hydrogen-bond acceptors (Lipinski definition) is 6. The largest absolute Gasteiger partial charge is 0.456 e. The Morgan fingerprint density at radius 3 is 2.51 bits per heavy atom. The molecule has 6 nitrogen and oxygen atoms in total. The number of aromatic nitrogens is 3. The molecule has 0 fully saturated rings. The highest BCUT2D eigenvalue weighted by Crippen LogP contribution is 2.40. The third-order valence-corrected chi connectivity index (χ3v) is 8.29. The van der Waals surface area contributed by atoms with Crippen LogP contribution in [-0.2, 0) is 0 Å². The number of nitrogen functional groups attached to an aromatic ring is 1. The zero-order valence-corrected chi connectivity index (χ0v) is 24.0. The molecule has 0 amide bonds. The van der Waals surface area contributed by atoms with Crippen LogP contribution in [0.3, 0.4) is 0 Å². The van der Waals surface area contributed by atoms with Gasteiger partial charge in [0.15, 0.2) is 28.9 Å². The first-order valence-corrected chi connectivity index (χ1v) is 14.6. The molecule has 208 valence electrons. The maximum absolute atomic E-state index is 6.59. The fourth-order valence-electron chi connectivity index (χ4n) is 6.04. The quantitative estimate of drug-likeness (QED) is 0.228. The van der Waals surface area contributed by atoms with E-state index in [-0.39, 0.29) is 5.88 Å². The number of halogens is 1. The van der Waals surface area contributed by atoms with Gasteiger partial charge in [-0.05, 0) is 60.9 Å². The number of fused-ring (bicyclic) bond motifs is 5. The van der Waals surface area contributed by atoms with E-state index >= 15 is 0 Å². The van der Waals surface area contributed by atoms with Gasteiger partial charge in [-0.3, -0.25) is 0 Å². The molecule has 0 aliphatic heterocycles. The first kappa shape index (κ1) is 25.5. The van der Waals surface area contributed by atoms with Crippen molar-refractivity contribution in [2.75, 3.05) is 5.73 Å². The standard InChI is InChI=1S/C36H25ClN4O2/c1-2-8-24-31-26(17-18-27(37)32(31)43-33(24)38)36-40-34(22-16-15-20-9-3-4-10-21(20)19-22)39-35(41-36)25-12-7-14-29-30(25)23-11-5-6-13-28(23)42-29/h2-6,8-11,13-19H,7,12,38H2,1H3/b8-2-. The molecule has 7 aromatic rings. The highest BCUT2D eigenvalue weighted by atomic mass is 35.5. The van der Waals surface area contributed by atoms with Gasteiger partial charge in [-0.2, -0.15) is 0 Å². The molecule has 0 saturated heterocycles. The second-order valence-electron chi connectivity index (χ2n) is 10.6. The van der Waals surface area contributed by atoms with E-state index in [4.69, 9.17) is 41.1 Å². The Kier molecular flexibility index (Phi) is 5.91. The number of nitrogens with zero attached hydrogens (tertiary/aromatic N) is 3. The van der Waals surface area contributed by atoms with Crippen molar-refractivity contribution >= 4 is 67.9 Å². The van der Waals surface area contributed by atoms with Crippen molar-refractivity contribution in [2.45, 2.75) is 19.8 Å². The minimum atomic E-state index is 0.290. The summed E-state index contributed by atoms with van der Waals surface area (Å²) in [4.78, 5) is 15.3. The lowest BCUT2D eigenvalue weighted by Crippen LogP contribution is -2.27. The Morgan fingerprint density at radius 2 is 1.63 bits per heavy atom. The summed E-state index contributed by atoms with van der Waals surface area (Å²) in [5, 5.41) is 5.57. The van der Waals surface area contributed by atoms with Crippen LogP contribution in [-0.4, -0.2) is 15.0 Å². The Balaban J connectivity index is 1.46. The summed E-state index contributed by atoms with van der Waals surface area (Å²) >= 11 is 6.59. The fourth-order valence-corrected chi connectivity index (χ4v) is 6.23. The molecular weight excluding hydrogens is 556 g/mol. The van der Waals surface area contributed by atoms with Crippen LogP contribution in [0, 0.1) is 0 Å². The van der Waals surface area contributed by atoms with Crippen molar-refractivity contribution in [3.05, 3.63) is 112 Å². The molecule has 0 saturated carbocycles. The van der Waals surface area contributed by atoms with Gasteiger partial charge in [0, 0.05) is 38.3 Å². The molecule has 0 spiro atoms. The number of anilines is 1. The molecule has 1 aliphatic carbocycles. The van der Waals surface area contributed by atoms with E-state index in [0.717, 1.165) is 72.9 Å². The third-order valence-electron chi connectivity index (χ3n) is 7.99. The van der Waals surface area contributed by atoms with Crippen LogP contribution in [0.25, 0.3) is 73.2 Å². The van der Waals surface area contributed by atoms with Crippen molar-refractivity contribution in [1.82, 2.24) is 15.0 Å². The van der Waals surface area contributed by atoms with Gasteiger partial charge in [-0.15, -0.1) is 0 Å². The Morgan fingerprint density at radius 1 is 0.837 bits per heavy atom. The number of allylic oxidation sites excluding steroid dienone is 1. The summed E-state index contributed by atoms with van der Waals surface area (Å²) in [6.07, 6.45) is 7.58. The van der Waals surface area contributed by atoms with Crippen molar-refractivity contribution in [3.63, 3.8) is 0 Å². The summed E-state index contributed by atoms with van der Waals surface area (Å²) in [5.41, 5.74) is 11.9. The smallest absolute Gasteiger partial charge is 0.199 e. The zero-order chi connectivity index (χ0) is 29.1. The highest BCUT2D eigenvalue weighted by molar-refractivity contribution is 6.35. The number of para-hydroxylation sites is 1. The summed E-state index contributed by atoms with van der Waals surface area (Å²) in [6, 6.07) is 26.4. The second kappa shape index (κ2) is 9.96. The Hall–Kier alpha value is -5.20. The van der Waals surface area contributed by atoms with E-state index in [1.807, 2.05) is 55.5 Å². The molecule has 0 unspecified atom stereocenters. The number of benzene rings is 4. The predicted molar refractivity (Wildman–Crippen MR) is 174 cm³/mol. The molecule has 1 aliphatic rings. The lowest BCUT2D eigenvalue weighted by atomic mass is 10.00. The Bertz CT molecular complexity index is 2400. The number of hydrogen-bond donors (Lipinski definition) is 1. The van der Waals surface area contributed by atoms with Gasteiger partial charge >= 0.3 is 0 Å². The second-order valence-corrected chi connectivity index (χ2v) is 11.0. The van der Waals surface area contributed by atoms with E-state index < -0.39 is 0 Å². The van der Waals surface area contributed by atoms with Crippen LogP contribution in [0.2, 0.25) is 5.02 Å². The Labute approximate surface area is 251 Å². The molecule has 7 heteroatoms. The van der Waals surface area contributed by atoms with Crippen molar-refractivity contribution < 1.29 is 8.83 Å². The average molecular weight is 581 g/mol. The maximum Gasteiger partial charge on any atom is 0.199 e. The van der Waals surface area contributed by atoms with Gasteiger partial charge in [0.2, 0.25) is 0 Å². The summed E-state index contributed by atoms with van der Waals surface area (Å²) < 4.78 is 12.2. The number of rotatable bonds is 4. The van der Waals surface area contributed by atoms with Gasteiger partial charge in [-0.1, -0.05) is 78.4 Å². The first-order chi connectivity index (χ1) is 21.1. The maximum atomic E-state index is 6.59. The van der Waals surface area contributed by atoms with E-state index in [9.17, 15) is 0 Å². The molecule has 2 N–H and O–H groups in total. The van der Waals surface area contributed by atoms with E-state index in [2.05, 4.69) is 42.5 Å². The van der Waals surface area contributed by atoms with E-state index in [1.54, 1.807) is 6.07 Å². The first-order valence-electron chi connectivity index (χ1n) is 14.2. The molecule has 3 aromatic heterocycles. The van der Waals surface area contributed by atoms with Crippen molar-refractivity contribution in [3.8, 4) is 22.8 Å². The molecule has 0 atom stereocenters. The molecular formula is C36H25ClN4O2. The lowest BCUT2D eigenvalue weighted by molar-refractivity contribution is 0.571. The van der Waals surface area contributed by atoms with Crippen LogP contribution in [0.5, 0.6) is 0 Å².